The molecule has 0 aliphatic rings. The molecule has 0 N–H and O–H groups in total. The van der Waals surface area contributed by atoms with Crippen LogP contribution in [0.3, 0.4) is 0 Å². The predicted molar refractivity (Wildman–Crippen MR) is 325 cm³/mol. The fourth-order valence-corrected chi connectivity index (χ4v) is 8.83. The fraction of sp³-hybridized carbons (Fsp3) is 0.725. The fourth-order valence-electron chi connectivity index (χ4n) is 8.83. The number of carbonyl (C=O) groups is 3. The molecule has 0 rings (SSSR count). The zero-order chi connectivity index (χ0) is 54.3. The molecule has 0 aromatic rings. The summed E-state index contributed by atoms with van der Waals surface area (Å²) in [5, 5.41) is 0. The minimum atomic E-state index is -0.777. The summed E-state index contributed by atoms with van der Waals surface area (Å²) in [6, 6.07) is 0. The van der Waals surface area contributed by atoms with Gasteiger partial charge in [0.2, 0.25) is 0 Å². The van der Waals surface area contributed by atoms with Crippen LogP contribution in [0.5, 0.6) is 0 Å². The van der Waals surface area contributed by atoms with Crippen molar-refractivity contribution in [3.05, 3.63) is 97.2 Å². The Morgan fingerprint density at radius 3 is 0.827 bits per heavy atom. The van der Waals surface area contributed by atoms with Gasteiger partial charge >= 0.3 is 17.9 Å². The molecule has 0 aliphatic heterocycles. The first-order chi connectivity index (χ1) is 37.0. The highest BCUT2D eigenvalue weighted by molar-refractivity contribution is 5.71. The lowest BCUT2D eigenvalue weighted by Gasteiger charge is -2.18. The Morgan fingerprint density at radius 2 is 0.520 bits per heavy atom. The van der Waals surface area contributed by atoms with Crippen LogP contribution in [-0.4, -0.2) is 37.2 Å². The summed E-state index contributed by atoms with van der Waals surface area (Å²) < 4.78 is 16.8. The average molecular weight is 1040 g/mol. The molecule has 1 atom stereocenters. The van der Waals surface area contributed by atoms with Crippen molar-refractivity contribution in [2.45, 2.75) is 309 Å². The first-order valence-electron chi connectivity index (χ1n) is 31.7. The third-order valence-corrected chi connectivity index (χ3v) is 13.6. The second-order valence-corrected chi connectivity index (χ2v) is 20.9. The highest BCUT2D eigenvalue weighted by atomic mass is 16.6. The number of carbonyl (C=O) groups excluding carboxylic acids is 3. The quantitative estimate of drug-likeness (QED) is 0.0261. The van der Waals surface area contributed by atoms with E-state index in [-0.39, 0.29) is 31.1 Å². The monoisotopic (exact) mass is 1040 g/mol. The molecule has 0 spiro atoms. The lowest BCUT2D eigenvalue weighted by molar-refractivity contribution is -0.167. The lowest BCUT2D eigenvalue weighted by Crippen LogP contribution is -2.30. The Bertz CT molecular complexity index is 1480. The molecule has 0 aromatic heterocycles. The van der Waals surface area contributed by atoms with Gasteiger partial charge in [0.05, 0.1) is 0 Å². The Labute approximate surface area is 464 Å². The minimum absolute atomic E-state index is 0.0771. The molecular weight excluding hydrogens is 925 g/mol. The summed E-state index contributed by atoms with van der Waals surface area (Å²) in [6.07, 6.45) is 84.4. The number of esters is 3. The van der Waals surface area contributed by atoms with Gasteiger partial charge in [-0.05, 0) is 103 Å². The summed E-state index contributed by atoms with van der Waals surface area (Å²) in [5.74, 6) is -0.884. The molecular formula is C69H118O6. The number of hydrogen-bond donors (Lipinski definition) is 0. The van der Waals surface area contributed by atoms with Crippen LogP contribution >= 0.6 is 0 Å². The van der Waals surface area contributed by atoms with Gasteiger partial charge in [0.25, 0.3) is 0 Å². The van der Waals surface area contributed by atoms with Crippen LogP contribution in [0.4, 0.5) is 0 Å². The molecule has 0 bridgehead atoms. The molecule has 430 valence electrons. The van der Waals surface area contributed by atoms with E-state index >= 15 is 0 Å². The first kappa shape index (κ1) is 71.3. The normalized spacial score (nSPS) is 12.7. The van der Waals surface area contributed by atoms with Crippen LogP contribution in [0.25, 0.3) is 0 Å². The van der Waals surface area contributed by atoms with E-state index < -0.39 is 6.10 Å². The second-order valence-electron chi connectivity index (χ2n) is 20.9. The molecule has 0 heterocycles. The largest absolute Gasteiger partial charge is 0.462 e. The molecule has 75 heavy (non-hydrogen) atoms. The number of allylic oxidation sites excluding steroid dienone is 16. The third kappa shape index (κ3) is 61.1. The topological polar surface area (TPSA) is 78.9 Å². The van der Waals surface area contributed by atoms with E-state index in [4.69, 9.17) is 14.2 Å². The number of hydrogen-bond acceptors (Lipinski definition) is 6. The molecule has 0 amide bonds. The second kappa shape index (κ2) is 62.9. The van der Waals surface area contributed by atoms with Crippen molar-refractivity contribution >= 4 is 17.9 Å². The summed E-state index contributed by atoms with van der Waals surface area (Å²) >= 11 is 0. The Hall–Kier alpha value is -3.67. The summed E-state index contributed by atoms with van der Waals surface area (Å²) in [4.78, 5) is 38.0. The van der Waals surface area contributed by atoms with E-state index in [0.29, 0.717) is 19.3 Å². The average Bonchev–Trinajstić information content (AvgIpc) is 3.41. The Balaban J connectivity index is 4.06. The molecule has 0 saturated heterocycles. The van der Waals surface area contributed by atoms with Crippen LogP contribution in [0, 0.1) is 0 Å². The van der Waals surface area contributed by atoms with Gasteiger partial charge in [-0.1, -0.05) is 279 Å². The van der Waals surface area contributed by atoms with Crippen molar-refractivity contribution in [3.63, 3.8) is 0 Å². The van der Waals surface area contributed by atoms with E-state index in [0.717, 1.165) is 116 Å². The van der Waals surface area contributed by atoms with Gasteiger partial charge in [0.15, 0.2) is 6.10 Å². The highest BCUT2D eigenvalue weighted by Crippen LogP contribution is 2.16. The lowest BCUT2D eigenvalue weighted by atomic mass is 10.0. The molecule has 0 fully saturated rings. The smallest absolute Gasteiger partial charge is 0.306 e. The SMILES string of the molecule is CC/C=C\C/C=C\C/C=C\C/C=C\C/C=C\C/C=C\C/C=C\CCCCCCCCCCCCCCCC(=O)OCC(COC(=O)CCCCCCCCCC)OC(=O)CCCCCCC/C=C\CCCCCCC. The van der Waals surface area contributed by atoms with Crippen molar-refractivity contribution < 1.29 is 28.6 Å². The molecule has 1 unspecified atom stereocenters. The maximum absolute atomic E-state index is 12.8. The van der Waals surface area contributed by atoms with Crippen molar-refractivity contribution in [3.8, 4) is 0 Å². The van der Waals surface area contributed by atoms with E-state index in [1.54, 1.807) is 0 Å². The van der Waals surface area contributed by atoms with E-state index in [2.05, 4.69) is 118 Å². The van der Waals surface area contributed by atoms with Crippen LogP contribution in [0.1, 0.15) is 303 Å². The van der Waals surface area contributed by atoms with Crippen molar-refractivity contribution in [1.82, 2.24) is 0 Å². The van der Waals surface area contributed by atoms with Gasteiger partial charge in [0.1, 0.15) is 13.2 Å². The zero-order valence-electron chi connectivity index (χ0n) is 49.3. The highest BCUT2D eigenvalue weighted by Gasteiger charge is 2.19. The molecule has 6 heteroatoms. The van der Waals surface area contributed by atoms with Gasteiger partial charge < -0.3 is 14.2 Å². The van der Waals surface area contributed by atoms with Gasteiger partial charge in [-0.15, -0.1) is 0 Å². The standard InChI is InChI=1S/C69H118O6/c1-4-7-10-13-16-19-21-23-25-26-27-28-29-30-31-32-33-34-35-36-37-38-39-40-41-42-43-44-45-47-48-50-53-56-59-62-68(71)74-65-66(64-73-67(70)61-58-55-52-18-15-12-9-6-3)75-69(72)63-60-57-54-51-49-46-24-22-20-17-14-11-8-5-2/h7,10,16,19,22-25,27-28,30-31,33-34,36-37,66H,4-6,8-9,11-15,17-18,20-21,26,29,32,35,38-65H2,1-3H3/b10-7-,19-16-,24-22-,25-23-,28-27-,31-30-,34-33-,37-36-. The molecule has 0 saturated carbocycles. The van der Waals surface area contributed by atoms with E-state index in [9.17, 15) is 14.4 Å². The summed E-state index contributed by atoms with van der Waals surface area (Å²) in [5.41, 5.74) is 0. The van der Waals surface area contributed by atoms with Gasteiger partial charge in [0, 0.05) is 19.3 Å². The van der Waals surface area contributed by atoms with Crippen LogP contribution in [0.2, 0.25) is 0 Å². The molecule has 0 aliphatic carbocycles. The first-order valence-corrected chi connectivity index (χ1v) is 31.7. The molecule has 6 nitrogen and oxygen atoms in total. The van der Waals surface area contributed by atoms with Gasteiger partial charge in [-0.3, -0.25) is 14.4 Å². The van der Waals surface area contributed by atoms with Crippen LogP contribution in [0.15, 0.2) is 97.2 Å². The molecule has 0 aromatic carbocycles. The third-order valence-electron chi connectivity index (χ3n) is 13.6. The number of rotatable bonds is 57. The van der Waals surface area contributed by atoms with Crippen molar-refractivity contribution in [2.24, 2.45) is 0 Å². The Kier molecular flexibility index (Phi) is 59.8. The van der Waals surface area contributed by atoms with Crippen LogP contribution in [-0.2, 0) is 28.6 Å². The summed E-state index contributed by atoms with van der Waals surface area (Å²) in [6.45, 7) is 6.49. The van der Waals surface area contributed by atoms with Crippen LogP contribution < -0.4 is 0 Å². The summed E-state index contributed by atoms with van der Waals surface area (Å²) in [7, 11) is 0. The zero-order valence-corrected chi connectivity index (χ0v) is 49.3. The van der Waals surface area contributed by atoms with Crippen molar-refractivity contribution in [1.29, 1.82) is 0 Å². The minimum Gasteiger partial charge on any atom is -0.462 e. The van der Waals surface area contributed by atoms with Gasteiger partial charge in [-0.25, -0.2) is 0 Å². The maximum atomic E-state index is 12.8. The Morgan fingerprint density at radius 1 is 0.280 bits per heavy atom. The maximum Gasteiger partial charge on any atom is 0.306 e. The van der Waals surface area contributed by atoms with E-state index in [1.807, 2.05) is 0 Å². The number of unbranched alkanes of at least 4 members (excludes halogenated alkanes) is 30. The number of ether oxygens (including phenoxy) is 3. The molecule has 0 radical (unpaired) electrons. The van der Waals surface area contributed by atoms with E-state index in [1.165, 1.54) is 148 Å². The van der Waals surface area contributed by atoms with Crippen molar-refractivity contribution in [2.75, 3.05) is 13.2 Å². The predicted octanol–water partition coefficient (Wildman–Crippen LogP) is 21.7. The van der Waals surface area contributed by atoms with Gasteiger partial charge in [-0.2, -0.15) is 0 Å².